The van der Waals surface area contributed by atoms with E-state index in [9.17, 15) is 4.79 Å². The molecular formula is C21H32N4OS. The molecule has 0 radical (unpaired) electrons. The molecular weight excluding hydrogens is 356 g/mol. The Morgan fingerprint density at radius 1 is 1.26 bits per heavy atom. The number of aromatic nitrogens is 2. The monoisotopic (exact) mass is 388 g/mol. The fourth-order valence-corrected chi connectivity index (χ4v) is 5.75. The Kier molecular flexibility index (Phi) is 5.67. The van der Waals surface area contributed by atoms with Crippen molar-refractivity contribution in [1.82, 2.24) is 19.4 Å². The number of fused-ring (bicyclic) bond motifs is 3. The molecule has 0 amide bonds. The SMILES string of the molecule is CCN1CCN([C@@H]2CCc3c(sc4ncn(CCC(C)C)c(=O)c34)C2)CC1. The lowest BCUT2D eigenvalue weighted by molar-refractivity contribution is 0.0932. The summed E-state index contributed by atoms with van der Waals surface area (Å²) in [6, 6.07) is 0.632. The second kappa shape index (κ2) is 8.02. The summed E-state index contributed by atoms with van der Waals surface area (Å²) >= 11 is 1.76. The van der Waals surface area contributed by atoms with Crippen LogP contribution in [0.2, 0.25) is 0 Å². The first-order valence-electron chi connectivity index (χ1n) is 10.5. The van der Waals surface area contributed by atoms with E-state index < -0.39 is 0 Å². The topological polar surface area (TPSA) is 41.4 Å². The van der Waals surface area contributed by atoms with Gasteiger partial charge in [0.25, 0.3) is 5.56 Å². The number of piperazine rings is 1. The molecule has 2 aromatic rings. The van der Waals surface area contributed by atoms with E-state index in [-0.39, 0.29) is 5.56 Å². The van der Waals surface area contributed by atoms with E-state index in [0.29, 0.717) is 12.0 Å². The van der Waals surface area contributed by atoms with Gasteiger partial charge in [0.15, 0.2) is 0 Å². The van der Waals surface area contributed by atoms with Crippen LogP contribution in [0, 0.1) is 5.92 Å². The molecule has 148 valence electrons. The summed E-state index contributed by atoms with van der Waals surface area (Å²) in [5.74, 6) is 0.595. The van der Waals surface area contributed by atoms with Gasteiger partial charge in [0, 0.05) is 43.6 Å². The van der Waals surface area contributed by atoms with Crippen molar-refractivity contribution in [3.05, 3.63) is 27.1 Å². The summed E-state index contributed by atoms with van der Waals surface area (Å²) in [6.45, 7) is 13.3. The van der Waals surface area contributed by atoms with E-state index in [2.05, 4.69) is 35.6 Å². The van der Waals surface area contributed by atoms with Crippen LogP contribution in [0.4, 0.5) is 0 Å². The molecule has 2 aliphatic rings. The predicted octanol–water partition coefficient (Wildman–Crippen LogP) is 3.00. The molecule has 0 bridgehead atoms. The number of aryl methyl sites for hydroxylation is 2. The third kappa shape index (κ3) is 3.84. The smallest absolute Gasteiger partial charge is 0.262 e. The first kappa shape index (κ1) is 19.1. The number of thiophene rings is 1. The van der Waals surface area contributed by atoms with Crippen LogP contribution in [0.15, 0.2) is 11.1 Å². The van der Waals surface area contributed by atoms with Crippen molar-refractivity contribution in [3.8, 4) is 0 Å². The largest absolute Gasteiger partial charge is 0.301 e. The number of likely N-dealkylation sites (N-methyl/N-ethyl adjacent to an activating group) is 1. The van der Waals surface area contributed by atoms with E-state index in [1.165, 1.54) is 43.0 Å². The molecule has 3 heterocycles. The van der Waals surface area contributed by atoms with Gasteiger partial charge in [-0.25, -0.2) is 4.98 Å². The van der Waals surface area contributed by atoms with Crippen LogP contribution in [-0.2, 0) is 19.4 Å². The average molecular weight is 389 g/mol. The summed E-state index contributed by atoms with van der Waals surface area (Å²) in [5, 5.41) is 0.913. The molecule has 0 N–H and O–H groups in total. The maximum absolute atomic E-state index is 13.0. The van der Waals surface area contributed by atoms with Crippen molar-refractivity contribution in [2.24, 2.45) is 5.92 Å². The van der Waals surface area contributed by atoms with Gasteiger partial charge in [0.1, 0.15) is 4.83 Å². The molecule has 0 saturated carbocycles. The Bertz CT molecular complexity index is 848. The molecule has 1 atom stereocenters. The maximum Gasteiger partial charge on any atom is 0.262 e. The number of nitrogens with zero attached hydrogens (tertiary/aromatic N) is 4. The van der Waals surface area contributed by atoms with Crippen molar-refractivity contribution in [2.45, 2.75) is 59.0 Å². The van der Waals surface area contributed by atoms with Crippen molar-refractivity contribution >= 4 is 21.6 Å². The number of rotatable bonds is 5. The first-order chi connectivity index (χ1) is 13.1. The second-order valence-corrected chi connectivity index (χ2v) is 9.56. The lowest BCUT2D eigenvalue weighted by Crippen LogP contribution is -2.51. The van der Waals surface area contributed by atoms with Gasteiger partial charge in [0.05, 0.1) is 11.7 Å². The molecule has 4 rings (SSSR count). The summed E-state index contributed by atoms with van der Waals surface area (Å²) in [5.41, 5.74) is 1.48. The standard InChI is InChI=1S/C21H32N4OS/c1-4-23-9-11-24(12-10-23)16-5-6-17-18(13-16)27-20-19(17)21(26)25(14-22-20)8-7-15(2)3/h14-16H,4-13H2,1-3H3/t16-/m1/s1. The summed E-state index contributed by atoms with van der Waals surface area (Å²) in [7, 11) is 0. The number of hydrogen-bond acceptors (Lipinski definition) is 5. The van der Waals surface area contributed by atoms with Crippen molar-refractivity contribution in [3.63, 3.8) is 0 Å². The Hall–Kier alpha value is -1.24. The van der Waals surface area contributed by atoms with Crippen LogP contribution in [0.1, 0.15) is 44.1 Å². The van der Waals surface area contributed by atoms with E-state index in [0.717, 1.165) is 42.6 Å². The van der Waals surface area contributed by atoms with Gasteiger partial charge < -0.3 is 4.90 Å². The van der Waals surface area contributed by atoms with Crippen LogP contribution in [0.5, 0.6) is 0 Å². The van der Waals surface area contributed by atoms with Crippen LogP contribution >= 0.6 is 11.3 Å². The van der Waals surface area contributed by atoms with Gasteiger partial charge in [-0.15, -0.1) is 11.3 Å². The van der Waals surface area contributed by atoms with Crippen LogP contribution < -0.4 is 5.56 Å². The molecule has 1 saturated heterocycles. The van der Waals surface area contributed by atoms with E-state index in [4.69, 9.17) is 0 Å². The zero-order valence-corrected chi connectivity index (χ0v) is 17.7. The highest BCUT2D eigenvalue weighted by Crippen LogP contribution is 2.35. The van der Waals surface area contributed by atoms with Crippen molar-refractivity contribution in [1.29, 1.82) is 0 Å². The summed E-state index contributed by atoms with van der Waals surface area (Å²) < 4.78 is 1.82. The van der Waals surface area contributed by atoms with Crippen molar-refractivity contribution < 1.29 is 0 Å². The molecule has 1 fully saturated rings. The quantitative estimate of drug-likeness (QED) is 0.790. The highest BCUT2D eigenvalue weighted by molar-refractivity contribution is 7.18. The first-order valence-corrected chi connectivity index (χ1v) is 11.3. The fourth-order valence-electron chi connectivity index (χ4n) is 4.50. The molecule has 1 aliphatic heterocycles. The Balaban J connectivity index is 1.54. The minimum absolute atomic E-state index is 0.174. The fraction of sp³-hybridized carbons (Fsp3) is 0.714. The highest BCUT2D eigenvalue weighted by atomic mass is 32.1. The van der Waals surface area contributed by atoms with Gasteiger partial charge in [-0.2, -0.15) is 0 Å². The minimum Gasteiger partial charge on any atom is -0.301 e. The van der Waals surface area contributed by atoms with Gasteiger partial charge in [-0.05, 0) is 43.7 Å². The molecule has 27 heavy (non-hydrogen) atoms. The zero-order valence-electron chi connectivity index (χ0n) is 16.9. The number of hydrogen-bond donors (Lipinski definition) is 0. The van der Waals surface area contributed by atoms with Gasteiger partial charge >= 0.3 is 0 Å². The Labute approximate surface area is 166 Å². The molecule has 0 unspecified atom stereocenters. The Morgan fingerprint density at radius 2 is 2.04 bits per heavy atom. The molecule has 6 heteroatoms. The van der Waals surface area contributed by atoms with Crippen molar-refractivity contribution in [2.75, 3.05) is 32.7 Å². The lowest BCUT2D eigenvalue weighted by atomic mass is 9.91. The highest BCUT2D eigenvalue weighted by Gasteiger charge is 2.30. The molecule has 5 nitrogen and oxygen atoms in total. The van der Waals surface area contributed by atoms with Crippen LogP contribution in [0.3, 0.4) is 0 Å². The van der Waals surface area contributed by atoms with Crippen LogP contribution in [0.25, 0.3) is 10.2 Å². The lowest BCUT2D eigenvalue weighted by Gasteiger charge is -2.40. The van der Waals surface area contributed by atoms with E-state index >= 15 is 0 Å². The van der Waals surface area contributed by atoms with Gasteiger partial charge in [0.2, 0.25) is 0 Å². The average Bonchev–Trinajstić information content (AvgIpc) is 3.06. The molecule has 2 aromatic heterocycles. The molecule has 0 spiro atoms. The molecule has 1 aliphatic carbocycles. The van der Waals surface area contributed by atoms with Gasteiger partial charge in [-0.3, -0.25) is 14.3 Å². The Morgan fingerprint density at radius 3 is 2.74 bits per heavy atom. The normalized spacial score (nSPS) is 21.9. The maximum atomic E-state index is 13.0. The third-order valence-electron chi connectivity index (χ3n) is 6.33. The minimum atomic E-state index is 0.174. The predicted molar refractivity (Wildman–Crippen MR) is 113 cm³/mol. The third-order valence-corrected chi connectivity index (χ3v) is 7.49. The summed E-state index contributed by atoms with van der Waals surface area (Å²) in [4.78, 5) is 25.2. The van der Waals surface area contributed by atoms with E-state index in [1.807, 2.05) is 4.57 Å². The van der Waals surface area contributed by atoms with E-state index in [1.54, 1.807) is 17.7 Å². The zero-order chi connectivity index (χ0) is 19.0. The second-order valence-electron chi connectivity index (χ2n) is 8.48. The van der Waals surface area contributed by atoms with Crippen LogP contribution in [-0.4, -0.2) is 58.1 Å². The summed E-state index contributed by atoms with van der Waals surface area (Å²) in [6.07, 6.45) is 6.07. The van der Waals surface area contributed by atoms with Gasteiger partial charge in [-0.1, -0.05) is 20.8 Å². The molecule has 0 aromatic carbocycles.